The highest BCUT2D eigenvalue weighted by Crippen LogP contribution is 2.49. The molecule has 3 aromatic carbocycles. The molecule has 3 nitrogen and oxygen atoms in total. The third kappa shape index (κ3) is 2.65. The van der Waals surface area contributed by atoms with Crippen LogP contribution in [0.3, 0.4) is 0 Å². The Labute approximate surface area is 154 Å². The lowest BCUT2D eigenvalue weighted by Gasteiger charge is -2.25. The van der Waals surface area contributed by atoms with E-state index in [1.54, 1.807) is 30.0 Å². The van der Waals surface area contributed by atoms with Crippen LogP contribution in [0, 0.1) is 5.82 Å². The molecule has 0 unspecified atom stereocenters. The molecule has 5 heteroatoms. The molecule has 130 valence electrons. The molecule has 1 aliphatic rings. The first kappa shape index (κ1) is 16.7. The SMILES string of the molecule is COC(=O)c1c(O)cc(-c2ccc(F)cc2)c2c1-c1ccccc1SC2. The largest absolute Gasteiger partial charge is 0.507 e. The molecule has 0 atom stereocenters. The summed E-state index contributed by atoms with van der Waals surface area (Å²) in [5, 5.41) is 10.6. The molecule has 0 bridgehead atoms. The van der Waals surface area contributed by atoms with Gasteiger partial charge in [-0.1, -0.05) is 30.3 Å². The van der Waals surface area contributed by atoms with E-state index in [4.69, 9.17) is 4.74 Å². The highest BCUT2D eigenvalue weighted by atomic mass is 32.2. The van der Waals surface area contributed by atoms with Crippen LogP contribution in [-0.4, -0.2) is 18.2 Å². The zero-order chi connectivity index (χ0) is 18.3. The van der Waals surface area contributed by atoms with Crippen molar-refractivity contribution in [2.45, 2.75) is 10.6 Å². The second-order valence-electron chi connectivity index (χ2n) is 5.96. The molecule has 0 radical (unpaired) electrons. The van der Waals surface area contributed by atoms with Crippen molar-refractivity contribution in [1.82, 2.24) is 0 Å². The third-order valence-electron chi connectivity index (χ3n) is 4.49. The topological polar surface area (TPSA) is 46.5 Å². The van der Waals surface area contributed by atoms with Gasteiger partial charge in [0, 0.05) is 16.2 Å². The van der Waals surface area contributed by atoms with Crippen LogP contribution < -0.4 is 0 Å². The summed E-state index contributed by atoms with van der Waals surface area (Å²) < 4.78 is 18.2. The highest BCUT2D eigenvalue weighted by Gasteiger charge is 2.29. The van der Waals surface area contributed by atoms with E-state index < -0.39 is 5.97 Å². The fourth-order valence-electron chi connectivity index (χ4n) is 3.30. The van der Waals surface area contributed by atoms with Crippen molar-refractivity contribution in [2.24, 2.45) is 0 Å². The predicted molar refractivity (Wildman–Crippen MR) is 99.8 cm³/mol. The summed E-state index contributed by atoms with van der Waals surface area (Å²) in [6.45, 7) is 0. The molecule has 0 amide bonds. The number of phenols is 1. The predicted octanol–water partition coefficient (Wildman–Crippen LogP) is 5.26. The summed E-state index contributed by atoms with van der Waals surface area (Å²) >= 11 is 1.67. The number of carbonyl (C=O) groups excluding carboxylic acids is 1. The molecular weight excluding hydrogens is 351 g/mol. The van der Waals surface area contributed by atoms with Gasteiger partial charge in [-0.05, 0) is 46.5 Å². The number of hydrogen-bond acceptors (Lipinski definition) is 4. The van der Waals surface area contributed by atoms with E-state index in [1.165, 1.54) is 19.2 Å². The summed E-state index contributed by atoms with van der Waals surface area (Å²) in [6, 6.07) is 15.4. The second-order valence-corrected chi connectivity index (χ2v) is 6.97. The van der Waals surface area contributed by atoms with Gasteiger partial charge in [0.05, 0.1) is 7.11 Å². The number of fused-ring (bicyclic) bond motifs is 3. The number of hydrogen-bond donors (Lipinski definition) is 1. The van der Waals surface area contributed by atoms with Crippen molar-refractivity contribution in [3.63, 3.8) is 0 Å². The second kappa shape index (κ2) is 6.50. The number of ether oxygens (including phenoxy) is 1. The Balaban J connectivity index is 2.06. The number of carbonyl (C=O) groups is 1. The standard InChI is InChI=1S/C21H15FO3S/c1-25-21(24)20-17(23)10-15(12-6-8-13(22)9-7-12)16-11-26-18-5-3-2-4-14(18)19(16)20/h2-10,23H,11H2,1H3. The average molecular weight is 366 g/mol. The molecule has 4 rings (SSSR count). The van der Waals surface area contributed by atoms with Gasteiger partial charge in [-0.2, -0.15) is 0 Å². The minimum Gasteiger partial charge on any atom is -0.507 e. The fraction of sp³-hybridized carbons (Fsp3) is 0.0952. The molecule has 0 saturated heterocycles. The van der Waals surface area contributed by atoms with Crippen molar-refractivity contribution >= 4 is 17.7 Å². The molecule has 0 aromatic heterocycles. The first-order valence-corrected chi connectivity index (χ1v) is 9.04. The molecule has 26 heavy (non-hydrogen) atoms. The van der Waals surface area contributed by atoms with Gasteiger partial charge < -0.3 is 9.84 Å². The lowest BCUT2D eigenvalue weighted by Crippen LogP contribution is -2.10. The van der Waals surface area contributed by atoms with Gasteiger partial charge in [-0.25, -0.2) is 9.18 Å². The monoisotopic (exact) mass is 366 g/mol. The zero-order valence-electron chi connectivity index (χ0n) is 14.0. The third-order valence-corrected chi connectivity index (χ3v) is 5.59. The van der Waals surface area contributed by atoms with Crippen molar-refractivity contribution in [3.05, 3.63) is 71.5 Å². The Bertz CT molecular complexity index is 1010. The van der Waals surface area contributed by atoms with E-state index >= 15 is 0 Å². The molecular formula is C21H15FO3S. The summed E-state index contributed by atoms with van der Waals surface area (Å²) in [4.78, 5) is 13.4. The van der Waals surface area contributed by atoms with Gasteiger partial charge >= 0.3 is 5.97 Å². The summed E-state index contributed by atoms with van der Waals surface area (Å²) in [6.07, 6.45) is 0. The molecule has 0 fully saturated rings. The maximum atomic E-state index is 13.3. The maximum absolute atomic E-state index is 13.3. The van der Waals surface area contributed by atoms with E-state index in [-0.39, 0.29) is 17.1 Å². The van der Waals surface area contributed by atoms with Crippen LogP contribution in [0.1, 0.15) is 15.9 Å². The normalized spacial score (nSPS) is 12.2. The van der Waals surface area contributed by atoms with Gasteiger partial charge in [-0.15, -0.1) is 11.8 Å². The number of aromatic hydroxyl groups is 1. The van der Waals surface area contributed by atoms with Crippen molar-refractivity contribution < 1.29 is 19.0 Å². The minimum atomic E-state index is -0.578. The van der Waals surface area contributed by atoms with Gasteiger partial charge in [0.1, 0.15) is 17.1 Å². The number of benzene rings is 3. The number of halogens is 1. The Morgan fingerprint density at radius 1 is 1.12 bits per heavy atom. The Morgan fingerprint density at radius 2 is 1.85 bits per heavy atom. The van der Waals surface area contributed by atoms with Crippen LogP contribution in [0.4, 0.5) is 4.39 Å². The first-order chi connectivity index (χ1) is 12.6. The van der Waals surface area contributed by atoms with Crippen molar-refractivity contribution in [3.8, 4) is 28.0 Å². The fourth-order valence-corrected chi connectivity index (χ4v) is 4.40. The molecule has 1 heterocycles. The molecule has 0 saturated carbocycles. The van der Waals surface area contributed by atoms with Gasteiger partial charge in [0.15, 0.2) is 0 Å². The molecule has 1 aliphatic heterocycles. The van der Waals surface area contributed by atoms with Crippen LogP contribution in [0.15, 0.2) is 59.5 Å². The van der Waals surface area contributed by atoms with Crippen LogP contribution >= 0.6 is 11.8 Å². The number of rotatable bonds is 2. The van der Waals surface area contributed by atoms with Gasteiger partial charge in [-0.3, -0.25) is 0 Å². The lowest BCUT2D eigenvalue weighted by molar-refractivity contribution is 0.0598. The molecule has 0 aliphatic carbocycles. The van der Waals surface area contributed by atoms with Crippen molar-refractivity contribution in [2.75, 3.05) is 7.11 Å². The van der Waals surface area contributed by atoms with E-state index in [1.807, 2.05) is 24.3 Å². The number of methoxy groups -OCH3 is 1. The average Bonchev–Trinajstić information content (AvgIpc) is 2.67. The Kier molecular flexibility index (Phi) is 4.17. The lowest BCUT2D eigenvalue weighted by atomic mass is 9.87. The molecule has 3 aromatic rings. The minimum absolute atomic E-state index is 0.142. The summed E-state index contributed by atoms with van der Waals surface area (Å²) in [7, 11) is 1.30. The van der Waals surface area contributed by atoms with Gasteiger partial charge in [0.2, 0.25) is 0 Å². The number of esters is 1. The van der Waals surface area contributed by atoms with Crippen LogP contribution in [0.25, 0.3) is 22.3 Å². The Morgan fingerprint density at radius 3 is 2.58 bits per heavy atom. The molecule has 0 spiro atoms. The molecule has 1 N–H and O–H groups in total. The van der Waals surface area contributed by atoms with Crippen LogP contribution in [0.2, 0.25) is 0 Å². The maximum Gasteiger partial charge on any atom is 0.342 e. The van der Waals surface area contributed by atoms with E-state index in [2.05, 4.69) is 0 Å². The summed E-state index contributed by atoms with van der Waals surface area (Å²) in [5.41, 5.74) is 4.24. The number of thioether (sulfide) groups is 1. The first-order valence-electron chi connectivity index (χ1n) is 8.05. The smallest absolute Gasteiger partial charge is 0.342 e. The van der Waals surface area contributed by atoms with Crippen LogP contribution in [0.5, 0.6) is 5.75 Å². The van der Waals surface area contributed by atoms with E-state index in [0.29, 0.717) is 11.3 Å². The van der Waals surface area contributed by atoms with Gasteiger partial charge in [0.25, 0.3) is 0 Å². The quantitative estimate of drug-likeness (QED) is 0.629. The van der Waals surface area contributed by atoms with Crippen molar-refractivity contribution in [1.29, 1.82) is 0 Å². The van der Waals surface area contributed by atoms with Crippen LogP contribution in [-0.2, 0) is 10.5 Å². The zero-order valence-corrected chi connectivity index (χ0v) is 14.8. The number of phenolic OH excluding ortho intramolecular Hbond substituents is 1. The summed E-state index contributed by atoms with van der Waals surface area (Å²) in [5.74, 6) is -0.399. The van der Waals surface area contributed by atoms with E-state index in [0.717, 1.165) is 27.1 Å². The van der Waals surface area contributed by atoms with E-state index in [9.17, 15) is 14.3 Å². The highest BCUT2D eigenvalue weighted by molar-refractivity contribution is 7.98. The Hall–Kier alpha value is -2.79.